The van der Waals surface area contributed by atoms with Crippen molar-refractivity contribution in [2.45, 2.75) is 25.8 Å². The molecule has 1 aliphatic carbocycles. The van der Waals surface area contributed by atoms with Gasteiger partial charge in [-0.3, -0.25) is 19.3 Å². The number of anilines is 1. The second kappa shape index (κ2) is 6.69. The van der Waals surface area contributed by atoms with Gasteiger partial charge in [-0.25, -0.2) is 0 Å². The van der Waals surface area contributed by atoms with Gasteiger partial charge in [-0.05, 0) is 44.0 Å². The first-order valence-electron chi connectivity index (χ1n) is 7.66. The number of fused-ring (bicyclic) bond motifs is 1. The lowest BCUT2D eigenvalue weighted by atomic mass is 9.85. The van der Waals surface area contributed by atoms with Gasteiger partial charge >= 0.3 is 0 Å². The number of likely N-dealkylation sites (tertiary alicyclic amines) is 1. The molecule has 0 spiro atoms. The Kier molecular flexibility index (Phi) is 4.78. The molecule has 24 heavy (non-hydrogen) atoms. The maximum Gasteiger partial charge on any atom is 0.247 e. The largest absolute Gasteiger partial charge is 0.324 e. The molecule has 3 rings (SSSR count). The fourth-order valence-electron chi connectivity index (χ4n) is 3.13. The fraction of sp³-hybridized carbons (Fsp3) is 0.353. The van der Waals surface area contributed by atoms with Crippen LogP contribution in [0.3, 0.4) is 0 Å². The van der Waals surface area contributed by atoms with Crippen molar-refractivity contribution in [1.29, 1.82) is 0 Å². The van der Waals surface area contributed by atoms with Gasteiger partial charge in [0.05, 0.1) is 11.8 Å². The number of halogens is 2. The van der Waals surface area contributed by atoms with Crippen LogP contribution in [0.5, 0.6) is 0 Å². The minimum atomic E-state index is -0.863. The molecule has 0 unspecified atom stereocenters. The summed E-state index contributed by atoms with van der Waals surface area (Å²) in [6.45, 7) is 1.57. The van der Waals surface area contributed by atoms with E-state index in [0.29, 0.717) is 23.6 Å². The van der Waals surface area contributed by atoms with Crippen LogP contribution in [0, 0.1) is 11.8 Å². The molecular weight excluding hydrogens is 396 g/mol. The van der Waals surface area contributed by atoms with Crippen LogP contribution < -0.4 is 5.32 Å². The minimum absolute atomic E-state index is 0.288. The Hall–Kier alpha value is -1.66. The zero-order valence-corrected chi connectivity index (χ0v) is 15.3. The van der Waals surface area contributed by atoms with Crippen LogP contribution in [0.15, 0.2) is 39.8 Å². The number of nitrogens with zero attached hydrogens (tertiary/aromatic N) is 1. The van der Waals surface area contributed by atoms with E-state index < -0.39 is 23.8 Å². The van der Waals surface area contributed by atoms with Gasteiger partial charge in [0.15, 0.2) is 0 Å². The van der Waals surface area contributed by atoms with Crippen molar-refractivity contribution < 1.29 is 14.4 Å². The standard InChI is InChI=1S/C17H16BrClN2O3/c1-9(15(22)20-12-5-2-10(18)3-6-12)21-16(23)13-7-4-11(19)8-14(13)17(21)24/h2-6,9,13-14H,7-8H2,1H3,(H,20,22)/t9-,13+,14+/m1/s1. The average molecular weight is 412 g/mol. The molecule has 1 saturated heterocycles. The summed E-state index contributed by atoms with van der Waals surface area (Å²) < 4.78 is 0.895. The highest BCUT2D eigenvalue weighted by Gasteiger charge is 2.51. The van der Waals surface area contributed by atoms with E-state index >= 15 is 0 Å². The highest BCUT2D eigenvalue weighted by molar-refractivity contribution is 9.10. The Morgan fingerprint density at radius 1 is 1.25 bits per heavy atom. The molecule has 3 atom stereocenters. The van der Waals surface area contributed by atoms with Gasteiger partial charge in [-0.1, -0.05) is 33.6 Å². The molecule has 2 aliphatic rings. The number of carbonyl (C=O) groups excluding carboxylic acids is 3. The molecule has 0 radical (unpaired) electrons. The van der Waals surface area contributed by atoms with Gasteiger partial charge in [0.25, 0.3) is 0 Å². The third-order valence-corrected chi connectivity index (χ3v) is 5.32. The van der Waals surface area contributed by atoms with Crippen LogP contribution in [0.2, 0.25) is 0 Å². The number of rotatable bonds is 3. The van der Waals surface area contributed by atoms with Crippen molar-refractivity contribution in [3.05, 3.63) is 39.8 Å². The van der Waals surface area contributed by atoms with Crippen molar-refractivity contribution in [2.24, 2.45) is 11.8 Å². The number of hydrogen-bond donors (Lipinski definition) is 1. The van der Waals surface area contributed by atoms with Crippen molar-refractivity contribution in [2.75, 3.05) is 5.32 Å². The zero-order chi connectivity index (χ0) is 17.4. The van der Waals surface area contributed by atoms with E-state index in [1.54, 1.807) is 37.3 Å². The van der Waals surface area contributed by atoms with Crippen LogP contribution in [0.25, 0.3) is 0 Å². The van der Waals surface area contributed by atoms with E-state index in [2.05, 4.69) is 21.2 Å². The molecule has 1 aromatic carbocycles. The van der Waals surface area contributed by atoms with Gasteiger partial charge < -0.3 is 5.32 Å². The number of allylic oxidation sites excluding steroid dienone is 2. The normalized spacial score (nSPS) is 24.5. The monoisotopic (exact) mass is 410 g/mol. The van der Waals surface area contributed by atoms with Crippen molar-refractivity contribution >= 4 is 50.9 Å². The molecule has 1 aromatic rings. The van der Waals surface area contributed by atoms with Gasteiger partial charge in [-0.15, -0.1) is 0 Å². The van der Waals surface area contributed by atoms with Crippen molar-refractivity contribution in [3.63, 3.8) is 0 Å². The lowest BCUT2D eigenvalue weighted by Crippen LogP contribution is -2.46. The Morgan fingerprint density at radius 2 is 1.88 bits per heavy atom. The highest BCUT2D eigenvalue weighted by Crippen LogP contribution is 2.39. The smallest absolute Gasteiger partial charge is 0.247 e. The van der Waals surface area contributed by atoms with Crippen LogP contribution in [-0.2, 0) is 14.4 Å². The number of carbonyl (C=O) groups is 3. The molecule has 1 fully saturated rings. The lowest BCUT2D eigenvalue weighted by Gasteiger charge is -2.22. The summed E-state index contributed by atoms with van der Waals surface area (Å²) in [4.78, 5) is 38.6. The molecule has 0 bridgehead atoms. The summed E-state index contributed by atoms with van der Waals surface area (Å²) in [7, 11) is 0. The highest BCUT2D eigenvalue weighted by atomic mass is 79.9. The van der Waals surface area contributed by atoms with E-state index in [1.807, 2.05) is 0 Å². The molecule has 1 N–H and O–H groups in total. The molecule has 3 amide bonds. The third kappa shape index (κ3) is 3.13. The van der Waals surface area contributed by atoms with Crippen molar-refractivity contribution in [1.82, 2.24) is 4.90 Å². The summed E-state index contributed by atoms with van der Waals surface area (Å²) in [5.41, 5.74) is 0.608. The summed E-state index contributed by atoms with van der Waals surface area (Å²) in [6.07, 6.45) is 2.60. The van der Waals surface area contributed by atoms with E-state index in [4.69, 9.17) is 11.6 Å². The minimum Gasteiger partial charge on any atom is -0.324 e. The first-order valence-corrected chi connectivity index (χ1v) is 8.83. The topological polar surface area (TPSA) is 66.5 Å². The molecule has 7 heteroatoms. The predicted molar refractivity (Wildman–Crippen MR) is 94.2 cm³/mol. The van der Waals surface area contributed by atoms with Crippen LogP contribution in [0.4, 0.5) is 5.69 Å². The molecular formula is C17H16BrClN2O3. The Labute approximate surface area is 153 Å². The van der Waals surface area contributed by atoms with Crippen molar-refractivity contribution in [3.8, 4) is 0 Å². The summed E-state index contributed by atoms with van der Waals surface area (Å²) >= 11 is 9.33. The van der Waals surface area contributed by atoms with Crippen LogP contribution in [-0.4, -0.2) is 28.7 Å². The summed E-state index contributed by atoms with van der Waals surface area (Å²) in [5, 5.41) is 3.34. The van der Waals surface area contributed by atoms with Gasteiger partial charge in [0, 0.05) is 15.2 Å². The van der Waals surface area contributed by atoms with Gasteiger partial charge in [0.2, 0.25) is 17.7 Å². The van der Waals surface area contributed by atoms with Gasteiger partial charge in [-0.2, -0.15) is 0 Å². The Balaban J connectivity index is 1.74. The maximum absolute atomic E-state index is 12.6. The number of benzene rings is 1. The molecule has 5 nitrogen and oxygen atoms in total. The second-order valence-corrected chi connectivity index (χ2v) is 7.42. The van der Waals surface area contributed by atoms with E-state index in [9.17, 15) is 14.4 Å². The number of imide groups is 1. The first kappa shape index (κ1) is 17.2. The SMILES string of the molecule is C[C@H](C(=O)Nc1ccc(Br)cc1)N1C(=O)[C@H]2CC=C(Cl)C[C@@H]2C1=O. The molecule has 1 heterocycles. The Bertz CT molecular complexity index is 732. The summed E-state index contributed by atoms with van der Waals surface area (Å²) in [5.74, 6) is -1.84. The molecule has 1 aliphatic heterocycles. The number of amides is 3. The summed E-state index contributed by atoms with van der Waals surface area (Å²) in [6, 6.07) is 6.22. The van der Waals surface area contributed by atoms with Crippen LogP contribution >= 0.6 is 27.5 Å². The third-order valence-electron chi connectivity index (χ3n) is 4.48. The van der Waals surface area contributed by atoms with Gasteiger partial charge in [0.1, 0.15) is 6.04 Å². The second-order valence-electron chi connectivity index (χ2n) is 6.02. The van der Waals surface area contributed by atoms with E-state index in [-0.39, 0.29) is 11.8 Å². The predicted octanol–water partition coefficient (Wildman–Crippen LogP) is 3.29. The first-order chi connectivity index (χ1) is 11.4. The van der Waals surface area contributed by atoms with Crippen LogP contribution in [0.1, 0.15) is 19.8 Å². The Morgan fingerprint density at radius 3 is 2.54 bits per heavy atom. The fourth-order valence-corrected chi connectivity index (χ4v) is 3.65. The average Bonchev–Trinajstić information content (AvgIpc) is 2.79. The molecule has 0 aromatic heterocycles. The maximum atomic E-state index is 12.6. The number of nitrogens with one attached hydrogen (secondary N) is 1. The zero-order valence-electron chi connectivity index (χ0n) is 13.0. The molecule has 0 saturated carbocycles. The van der Waals surface area contributed by atoms with E-state index in [1.165, 1.54) is 0 Å². The lowest BCUT2D eigenvalue weighted by molar-refractivity contribution is -0.146. The number of hydrogen-bond acceptors (Lipinski definition) is 3. The van der Waals surface area contributed by atoms with E-state index in [0.717, 1.165) is 9.37 Å². The quantitative estimate of drug-likeness (QED) is 0.776. The molecule has 126 valence electrons.